The van der Waals surface area contributed by atoms with Crippen LogP contribution in [0.3, 0.4) is 0 Å². The zero-order valence-electron chi connectivity index (χ0n) is 12.9. The number of aliphatic carboxylic acids is 1. The summed E-state index contributed by atoms with van der Waals surface area (Å²) in [6, 6.07) is 0. The first-order valence-corrected chi connectivity index (χ1v) is 9.32. The lowest BCUT2D eigenvalue weighted by Gasteiger charge is -2.35. The number of hydrogen-bond donors (Lipinski definition) is 2. The fourth-order valence-electron chi connectivity index (χ4n) is 3.50. The zero-order chi connectivity index (χ0) is 15.3. The second-order valence-corrected chi connectivity index (χ2v) is 7.85. The van der Waals surface area contributed by atoms with Crippen molar-refractivity contribution in [1.82, 2.24) is 5.32 Å². The molecule has 0 aromatic heterocycles. The van der Waals surface area contributed by atoms with Crippen LogP contribution in [-0.4, -0.2) is 34.0 Å². The summed E-state index contributed by atoms with van der Waals surface area (Å²) >= 11 is 1.76. The minimum absolute atomic E-state index is 0.0742. The molecule has 1 amide bonds. The van der Waals surface area contributed by atoms with Crippen LogP contribution in [0.15, 0.2) is 0 Å². The van der Waals surface area contributed by atoms with Crippen molar-refractivity contribution in [2.75, 3.05) is 11.5 Å². The van der Waals surface area contributed by atoms with E-state index in [-0.39, 0.29) is 11.8 Å². The monoisotopic (exact) mass is 313 g/mol. The quantitative estimate of drug-likeness (QED) is 0.818. The van der Waals surface area contributed by atoms with Crippen molar-refractivity contribution in [2.24, 2.45) is 11.8 Å². The Morgan fingerprint density at radius 3 is 2.43 bits per heavy atom. The number of carboxylic acid groups (broad SMARTS) is 1. The lowest BCUT2D eigenvalue weighted by Crippen LogP contribution is -2.57. The summed E-state index contributed by atoms with van der Waals surface area (Å²) in [6.45, 7) is 1.94. The predicted octanol–water partition coefficient (Wildman–Crippen LogP) is 3.06. The Morgan fingerprint density at radius 1 is 1.24 bits per heavy atom. The van der Waals surface area contributed by atoms with Crippen LogP contribution in [0.1, 0.15) is 58.3 Å². The molecule has 2 fully saturated rings. The second-order valence-electron chi connectivity index (χ2n) is 6.63. The molecule has 2 rings (SSSR count). The maximum absolute atomic E-state index is 12.4. The number of carbonyl (C=O) groups excluding carboxylic acids is 1. The van der Waals surface area contributed by atoms with Crippen LogP contribution in [0.5, 0.6) is 0 Å². The highest BCUT2D eigenvalue weighted by molar-refractivity contribution is 7.99. The van der Waals surface area contributed by atoms with Crippen LogP contribution in [0.2, 0.25) is 0 Å². The fourth-order valence-corrected chi connectivity index (χ4v) is 4.69. The van der Waals surface area contributed by atoms with Gasteiger partial charge in [0.2, 0.25) is 5.91 Å². The molecule has 0 bridgehead atoms. The zero-order valence-corrected chi connectivity index (χ0v) is 13.7. The van der Waals surface area contributed by atoms with Crippen LogP contribution < -0.4 is 5.32 Å². The Balaban J connectivity index is 1.90. The summed E-state index contributed by atoms with van der Waals surface area (Å²) < 4.78 is 0. The molecule has 0 spiro atoms. The molecule has 2 aliphatic rings. The van der Waals surface area contributed by atoms with E-state index in [1.165, 1.54) is 32.1 Å². The van der Waals surface area contributed by atoms with Crippen LogP contribution >= 0.6 is 11.8 Å². The molecule has 1 saturated carbocycles. The highest BCUT2D eigenvalue weighted by Gasteiger charge is 2.42. The van der Waals surface area contributed by atoms with E-state index in [1.807, 2.05) is 6.92 Å². The van der Waals surface area contributed by atoms with Crippen molar-refractivity contribution in [3.05, 3.63) is 0 Å². The van der Waals surface area contributed by atoms with Crippen molar-refractivity contribution in [3.8, 4) is 0 Å². The second kappa shape index (κ2) is 7.52. The third-order valence-electron chi connectivity index (χ3n) is 4.98. The minimum atomic E-state index is -1.02. The Labute approximate surface area is 131 Å². The maximum Gasteiger partial charge on any atom is 0.329 e. The SMILES string of the molecule is CC(CC1CCCCC1)C(=O)NC1(C(=O)O)CCSCC1. The van der Waals surface area contributed by atoms with E-state index in [9.17, 15) is 14.7 Å². The lowest BCUT2D eigenvalue weighted by atomic mass is 9.82. The van der Waals surface area contributed by atoms with Crippen molar-refractivity contribution in [2.45, 2.75) is 63.8 Å². The van der Waals surface area contributed by atoms with Gasteiger partial charge in [0.05, 0.1) is 0 Å². The summed E-state index contributed by atoms with van der Waals surface area (Å²) in [7, 11) is 0. The van der Waals surface area contributed by atoms with Gasteiger partial charge in [-0.15, -0.1) is 0 Å². The van der Waals surface area contributed by atoms with Crippen LogP contribution in [0.4, 0.5) is 0 Å². The van der Waals surface area contributed by atoms with E-state index in [4.69, 9.17) is 0 Å². The molecule has 0 aromatic carbocycles. The number of thioether (sulfide) groups is 1. The van der Waals surface area contributed by atoms with Gasteiger partial charge in [-0.3, -0.25) is 4.79 Å². The number of carbonyl (C=O) groups is 2. The minimum Gasteiger partial charge on any atom is -0.480 e. The van der Waals surface area contributed by atoms with Gasteiger partial charge in [0.25, 0.3) is 0 Å². The van der Waals surface area contributed by atoms with E-state index in [1.54, 1.807) is 11.8 Å². The molecule has 4 nitrogen and oxygen atoms in total. The summed E-state index contributed by atoms with van der Waals surface area (Å²) in [5, 5.41) is 12.4. The van der Waals surface area contributed by atoms with E-state index in [0.29, 0.717) is 18.8 Å². The molecule has 0 radical (unpaired) electrons. The van der Waals surface area contributed by atoms with Crippen molar-refractivity contribution < 1.29 is 14.7 Å². The average Bonchev–Trinajstić information content (AvgIpc) is 2.49. The molecule has 5 heteroatoms. The summed E-state index contributed by atoms with van der Waals surface area (Å²) in [5.41, 5.74) is -1.02. The molecule has 1 heterocycles. The van der Waals surface area contributed by atoms with E-state index in [2.05, 4.69) is 5.32 Å². The fraction of sp³-hybridized carbons (Fsp3) is 0.875. The number of rotatable bonds is 5. The average molecular weight is 313 g/mol. The van der Waals surface area contributed by atoms with E-state index >= 15 is 0 Å². The van der Waals surface area contributed by atoms with Gasteiger partial charge >= 0.3 is 5.97 Å². The van der Waals surface area contributed by atoms with Gasteiger partial charge in [0.1, 0.15) is 5.54 Å². The normalized spacial score (nSPS) is 24.2. The van der Waals surface area contributed by atoms with Gasteiger partial charge in [-0.2, -0.15) is 11.8 Å². The van der Waals surface area contributed by atoms with Crippen molar-refractivity contribution >= 4 is 23.6 Å². The molecular weight excluding hydrogens is 286 g/mol. The molecule has 120 valence electrons. The van der Waals surface area contributed by atoms with Gasteiger partial charge in [-0.25, -0.2) is 4.79 Å². The highest BCUT2D eigenvalue weighted by Crippen LogP contribution is 2.31. The van der Waals surface area contributed by atoms with Gasteiger partial charge in [0.15, 0.2) is 0 Å². The molecule has 1 saturated heterocycles. The third-order valence-corrected chi connectivity index (χ3v) is 5.96. The first kappa shape index (κ1) is 16.7. The summed E-state index contributed by atoms with van der Waals surface area (Å²) in [4.78, 5) is 24.0. The largest absolute Gasteiger partial charge is 0.480 e. The standard InChI is InChI=1S/C16H27NO3S/c1-12(11-13-5-3-2-4-6-13)14(18)17-16(15(19)20)7-9-21-10-8-16/h12-13H,2-11H2,1H3,(H,17,18)(H,19,20). The maximum atomic E-state index is 12.4. The molecule has 1 atom stereocenters. The molecular formula is C16H27NO3S. The number of hydrogen-bond acceptors (Lipinski definition) is 3. The first-order chi connectivity index (χ1) is 10.0. The Kier molecular flexibility index (Phi) is 5.97. The van der Waals surface area contributed by atoms with Gasteiger partial charge in [-0.1, -0.05) is 39.0 Å². The summed E-state index contributed by atoms with van der Waals surface area (Å²) in [5.74, 6) is 1.23. The number of carboxylic acids is 1. The van der Waals surface area contributed by atoms with Gasteiger partial charge < -0.3 is 10.4 Å². The molecule has 1 unspecified atom stereocenters. The van der Waals surface area contributed by atoms with Crippen LogP contribution in [0, 0.1) is 11.8 Å². The highest BCUT2D eigenvalue weighted by atomic mass is 32.2. The van der Waals surface area contributed by atoms with E-state index in [0.717, 1.165) is 17.9 Å². The van der Waals surface area contributed by atoms with E-state index < -0.39 is 11.5 Å². The third kappa shape index (κ3) is 4.38. The summed E-state index contributed by atoms with van der Waals surface area (Å²) in [6.07, 6.45) is 8.28. The van der Waals surface area contributed by atoms with Gasteiger partial charge in [0, 0.05) is 5.92 Å². The smallest absolute Gasteiger partial charge is 0.329 e. The molecule has 1 aliphatic carbocycles. The number of nitrogens with one attached hydrogen (secondary N) is 1. The van der Waals surface area contributed by atoms with Crippen molar-refractivity contribution in [3.63, 3.8) is 0 Å². The Morgan fingerprint density at radius 2 is 1.86 bits per heavy atom. The van der Waals surface area contributed by atoms with Crippen LogP contribution in [-0.2, 0) is 9.59 Å². The molecule has 21 heavy (non-hydrogen) atoms. The molecule has 1 aliphatic heterocycles. The molecule has 0 aromatic rings. The predicted molar refractivity (Wildman–Crippen MR) is 85.4 cm³/mol. The Bertz CT molecular complexity index is 374. The first-order valence-electron chi connectivity index (χ1n) is 8.17. The Hall–Kier alpha value is -0.710. The van der Waals surface area contributed by atoms with Crippen molar-refractivity contribution in [1.29, 1.82) is 0 Å². The number of amides is 1. The lowest BCUT2D eigenvalue weighted by molar-refractivity contribution is -0.148. The van der Waals surface area contributed by atoms with Crippen LogP contribution in [0.25, 0.3) is 0 Å². The molecule has 2 N–H and O–H groups in total. The van der Waals surface area contributed by atoms with Gasteiger partial charge in [-0.05, 0) is 36.7 Å². The topological polar surface area (TPSA) is 66.4 Å².